The van der Waals surface area contributed by atoms with Gasteiger partial charge < -0.3 is 11.1 Å². The Morgan fingerprint density at radius 3 is 2.62 bits per heavy atom. The molecule has 1 rings (SSSR count). The fraction of sp³-hybridized carbons (Fsp3) is 0.364. The average Bonchev–Trinajstić information content (AvgIpc) is 2.42. The highest BCUT2D eigenvalue weighted by Crippen LogP contribution is 2.26. The van der Waals surface area contributed by atoms with Crippen LogP contribution in [0.25, 0.3) is 0 Å². The van der Waals surface area contributed by atoms with Crippen molar-refractivity contribution in [3.8, 4) is 0 Å². The average molecular weight is 316 g/mol. The van der Waals surface area contributed by atoms with E-state index in [-0.39, 0.29) is 19.4 Å². The summed E-state index contributed by atoms with van der Waals surface area (Å²) in [6.07, 6.45) is 0.245. The largest absolute Gasteiger partial charge is 0.388 e. The number of nitrogens with one attached hydrogen (secondary N) is 2. The first-order chi connectivity index (χ1) is 9.77. The molecule has 0 radical (unpaired) electrons. The predicted octanol–water partition coefficient (Wildman–Crippen LogP) is 0.180. The minimum Gasteiger partial charge on any atom is -0.388 e. The van der Waals surface area contributed by atoms with Gasteiger partial charge in [0.15, 0.2) is 4.90 Å². The van der Waals surface area contributed by atoms with Crippen LogP contribution in [0.5, 0.6) is 0 Å². The summed E-state index contributed by atoms with van der Waals surface area (Å²) in [6, 6.07) is 3.70. The maximum absolute atomic E-state index is 12.1. The van der Waals surface area contributed by atoms with Crippen LogP contribution in [-0.4, -0.2) is 32.8 Å². The number of benzene rings is 1. The number of nitrogens with two attached hydrogens (primary N) is 1. The first kappa shape index (κ1) is 16.9. The van der Waals surface area contributed by atoms with E-state index in [2.05, 4.69) is 10.0 Å². The molecule has 0 saturated heterocycles. The Hall–Kier alpha value is -2.20. The zero-order valence-corrected chi connectivity index (χ0v) is 12.1. The molecule has 0 bridgehead atoms. The van der Waals surface area contributed by atoms with Gasteiger partial charge in [-0.15, -0.1) is 0 Å². The summed E-state index contributed by atoms with van der Waals surface area (Å²) in [7, 11) is -2.48. The van der Waals surface area contributed by atoms with Gasteiger partial charge in [0.2, 0.25) is 15.9 Å². The topological polar surface area (TPSA) is 144 Å². The van der Waals surface area contributed by atoms with Crippen LogP contribution in [0.4, 0.5) is 11.4 Å². The third-order valence-corrected chi connectivity index (χ3v) is 4.12. The maximum atomic E-state index is 12.1. The second kappa shape index (κ2) is 6.99. The van der Waals surface area contributed by atoms with E-state index >= 15 is 0 Å². The molecule has 116 valence electrons. The molecule has 0 unspecified atom stereocenters. The molecule has 0 aromatic heterocycles. The molecule has 0 heterocycles. The Labute approximate surface area is 121 Å². The SMILES string of the molecule is CNc1ccc([N+](=O)[O-])c(S(=O)(=O)NCCCC(N)=O)c1. The van der Waals surface area contributed by atoms with Crippen LogP contribution < -0.4 is 15.8 Å². The zero-order chi connectivity index (χ0) is 16.0. The van der Waals surface area contributed by atoms with Gasteiger partial charge in [-0.2, -0.15) is 0 Å². The van der Waals surface area contributed by atoms with E-state index in [0.717, 1.165) is 6.07 Å². The summed E-state index contributed by atoms with van der Waals surface area (Å²) in [5.41, 5.74) is 4.85. The van der Waals surface area contributed by atoms with Crippen LogP contribution in [0.2, 0.25) is 0 Å². The number of sulfonamides is 1. The van der Waals surface area contributed by atoms with E-state index in [9.17, 15) is 23.3 Å². The molecule has 21 heavy (non-hydrogen) atoms. The second-order valence-corrected chi connectivity index (χ2v) is 5.89. The van der Waals surface area contributed by atoms with Gasteiger partial charge in [0.1, 0.15) is 0 Å². The van der Waals surface area contributed by atoms with Gasteiger partial charge in [0.25, 0.3) is 5.69 Å². The second-order valence-electron chi connectivity index (χ2n) is 4.16. The van der Waals surface area contributed by atoms with Gasteiger partial charge in [-0.1, -0.05) is 0 Å². The quantitative estimate of drug-likeness (QED) is 0.354. The highest BCUT2D eigenvalue weighted by molar-refractivity contribution is 7.89. The number of carbonyl (C=O) groups is 1. The fourth-order valence-electron chi connectivity index (χ4n) is 1.58. The number of nitrogens with zero attached hydrogens (tertiary/aromatic N) is 1. The van der Waals surface area contributed by atoms with Crippen molar-refractivity contribution in [1.82, 2.24) is 4.72 Å². The summed E-state index contributed by atoms with van der Waals surface area (Å²) in [5, 5.41) is 13.6. The number of amides is 1. The van der Waals surface area contributed by atoms with Crippen LogP contribution in [0, 0.1) is 10.1 Å². The predicted molar refractivity (Wildman–Crippen MR) is 76.3 cm³/mol. The van der Waals surface area contributed by atoms with Gasteiger partial charge in [-0.05, 0) is 18.6 Å². The van der Waals surface area contributed by atoms with Crippen LogP contribution in [0.15, 0.2) is 23.1 Å². The monoisotopic (exact) mass is 316 g/mol. The molecule has 4 N–H and O–H groups in total. The molecule has 0 aliphatic rings. The Bertz CT molecular complexity index is 644. The summed E-state index contributed by atoms with van der Waals surface area (Å²) >= 11 is 0. The van der Waals surface area contributed by atoms with Crippen molar-refractivity contribution >= 4 is 27.3 Å². The number of nitro benzene ring substituents is 1. The Balaban J connectivity index is 3.00. The maximum Gasteiger partial charge on any atom is 0.289 e. The lowest BCUT2D eigenvalue weighted by Crippen LogP contribution is -2.26. The molecule has 1 aromatic carbocycles. The van der Waals surface area contributed by atoms with Crippen molar-refractivity contribution < 1.29 is 18.1 Å². The van der Waals surface area contributed by atoms with Crippen molar-refractivity contribution in [1.29, 1.82) is 0 Å². The molecule has 0 aliphatic carbocycles. The summed E-state index contributed by atoms with van der Waals surface area (Å²) in [6.45, 7) is -0.0355. The van der Waals surface area contributed by atoms with Crippen molar-refractivity contribution in [3.63, 3.8) is 0 Å². The van der Waals surface area contributed by atoms with E-state index < -0.39 is 31.4 Å². The molecular weight excluding hydrogens is 300 g/mol. The third-order valence-electron chi connectivity index (χ3n) is 2.63. The van der Waals surface area contributed by atoms with Crippen LogP contribution in [-0.2, 0) is 14.8 Å². The molecule has 0 atom stereocenters. The first-order valence-corrected chi connectivity index (χ1v) is 7.50. The van der Waals surface area contributed by atoms with E-state index in [1.54, 1.807) is 7.05 Å². The van der Waals surface area contributed by atoms with E-state index in [0.29, 0.717) is 5.69 Å². The van der Waals surface area contributed by atoms with Crippen molar-refractivity contribution in [3.05, 3.63) is 28.3 Å². The highest BCUT2D eigenvalue weighted by Gasteiger charge is 2.25. The number of carbonyl (C=O) groups excluding carboxylic acids is 1. The molecule has 1 amide bonds. The van der Waals surface area contributed by atoms with E-state index in [1.165, 1.54) is 12.1 Å². The fourth-order valence-corrected chi connectivity index (χ4v) is 2.85. The molecule has 9 nitrogen and oxygen atoms in total. The number of anilines is 1. The molecule has 10 heteroatoms. The Kier molecular flexibility index (Phi) is 5.61. The Morgan fingerprint density at radius 2 is 2.10 bits per heavy atom. The summed E-state index contributed by atoms with van der Waals surface area (Å²) in [5.74, 6) is -0.544. The van der Waals surface area contributed by atoms with Crippen LogP contribution in [0.3, 0.4) is 0 Å². The third kappa shape index (κ3) is 4.68. The number of hydrogen-bond donors (Lipinski definition) is 3. The van der Waals surface area contributed by atoms with Crippen LogP contribution in [0.1, 0.15) is 12.8 Å². The lowest BCUT2D eigenvalue weighted by Gasteiger charge is -2.08. The smallest absolute Gasteiger partial charge is 0.289 e. The van der Waals surface area contributed by atoms with Crippen molar-refractivity contribution in [2.45, 2.75) is 17.7 Å². The van der Waals surface area contributed by atoms with Gasteiger partial charge >= 0.3 is 0 Å². The lowest BCUT2D eigenvalue weighted by atomic mass is 10.3. The molecule has 1 aromatic rings. The number of hydrogen-bond acceptors (Lipinski definition) is 6. The standard InChI is InChI=1S/C11H16N4O5S/c1-13-8-4-5-9(15(17)18)10(7-8)21(19,20)14-6-2-3-11(12)16/h4-5,7,13-14H,2-3,6H2,1H3,(H2,12,16). The molecule has 0 spiro atoms. The minimum atomic E-state index is -4.05. The van der Waals surface area contributed by atoms with E-state index in [4.69, 9.17) is 5.73 Å². The molecule has 0 saturated carbocycles. The van der Waals surface area contributed by atoms with Gasteiger partial charge in [0.05, 0.1) is 4.92 Å². The van der Waals surface area contributed by atoms with Crippen molar-refractivity contribution in [2.24, 2.45) is 5.73 Å². The number of rotatable bonds is 8. The molecular formula is C11H16N4O5S. The highest BCUT2D eigenvalue weighted by atomic mass is 32.2. The normalized spacial score (nSPS) is 11.1. The first-order valence-electron chi connectivity index (χ1n) is 6.02. The molecule has 0 aliphatic heterocycles. The minimum absolute atomic E-state index is 0.0289. The van der Waals surface area contributed by atoms with Gasteiger partial charge in [-0.3, -0.25) is 14.9 Å². The van der Waals surface area contributed by atoms with Crippen LogP contribution >= 0.6 is 0 Å². The molecule has 0 fully saturated rings. The number of primary amides is 1. The lowest BCUT2D eigenvalue weighted by molar-refractivity contribution is -0.387. The zero-order valence-electron chi connectivity index (χ0n) is 11.3. The number of nitro groups is 1. The Morgan fingerprint density at radius 1 is 1.43 bits per heavy atom. The van der Waals surface area contributed by atoms with Crippen molar-refractivity contribution in [2.75, 3.05) is 18.9 Å². The summed E-state index contributed by atoms with van der Waals surface area (Å²) in [4.78, 5) is 20.3. The summed E-state index contributed by atoms with van der Waals surface area (Å²) < 4.78 is 26.4. The van der Waals surface area contributed by atoms with E-state index in [1.807, 2.05) is 0 Å². The van der Waals surface area contributed by atoms with Gasteiger partial charge in [0, 0.05) is 31.8 Å². The van der Waals surface area contributed by atoms with Gasteiger partial charge in [-0.25, -0.2) is 13.1 Å².